The van der Waals surface area contributed by atoms with Gasteiger partial charge in [-0.15, -0.1) is 0 Å². The SMILES string of the molecule is CC1=C(C(=O)OC(C)C)[C@H](c2ccc(I)cc2)C2=C(CC(C)(C)CC2=O)N1. The third-order valence-corrected chi connectivity index (χ3v) is 5.72. The molecule has 1 N–H and O–H groups in total. The summed E-state index contributed by atoms with van der Waals surface area (Å²) in [5, 5.41) is 3.36. The monoisotopic (exact) mass is 479 g/mol. The fourth-order valence-corrected chi connectivity index (χ4v) is 4.33. The largest absolute Gasteiger partial charge is 0.460 e. The zero-order valence-corrected chi connectivity index (χ0v) is 18.6. The number of nitrogens with one attached hydrogen (secondary N) is 1. The summed E-state index contributed by atoms with van der Waals surface area (Å²) in [6.45, 7) is 9.79. The van der Waals surface area contributed by atoms with Gasteiger partial charge in [-0.05, 0) is 72.9 Å². The van der Waals surface area contributed by atoms with Crippen LogP contribution in [0.1, 0.15) is 58.9 Å². The number of dihydropyridines is 1. The highest BCUT2D eigenvalue weighted by Crippen LogP contribution is 2.46. The number of esters is 1. The molecule has 5 heteroatoms. The third-order valence-electron chi connectivity index (χ3n) is 5.01. The van der Waals surface area contributed by atoms with E-state index >= 15 is 0 Å². The van der Waals surface area contributed by atoms with Crippen LogP contribution in [0.15, 0.2) is 46.8 Å². The van der Waals surface area contributed by atoms with Crippen LogP contribution in [-0.2, 0) is 14.3 Å². The van der Waals surface area contributed by atoms with Crippen molar-refractivity contribution in [3.05, 3.63) is 55.9 Å². The second kappa shape index (κ2) is 7.41. The zero-order valence-electron chi connectivity index (χ0n) is 16.5. The summed E-state index contributed by atoms with van der Waals surface area (Å²) in [7, 11) is 0. The smallest absolute Gasteiger partial charge is 0.337 e. The Balaban J connectivity index is 2.15. The highest BCUT2D eigenvalue weighted by Gasteiger charge is 2.43. The molecule has 0 saturated heterocycles. The Labute approximate surface area is 174 Å². The van der Waals surface area contributed by atoms with E-state index in [2.05, 4.69) is 41.8 Å². The first kappa shape index (κ1) is 20.1. The Morgan fingerprint density at radius 3 is 2.44 bits per heavy atom. The van der Waals surface area contributed by atoms with Gasteiger partial charge < -0.3 is 10.1 Å². The Hall–Kier alpha value is -1.63. The normalized spacial score (nSPS) is 21.9. The topological polar surface area (TPSA) is 55.4 Å². The predicted molar refractivity (Wildman–Crippen MR) is 114 cm³/mol. The number of Topliss-reactive ketones (excluding diaryl/α,β-unsaturated/α-hetero) is 1. The summed E-state index contributed by atoms with van der Waals surface area (Å²) in [6.07, 6.45) is 1.06. The van der Waals surface area contributed by atoms with Crippen molar-refractivity contribution in [2.45, 2.75) is 59.5 Å². The molecular formula is C22H26INO3. The summed E-state index contributed by atoms with van der Waals surface area (Å²) in [4.78, 5) is 26.0. The molecule has 4 nitrogen and oxygen atoms in total. The van der Waals surface area contributed by atoms with Gasteiger partial charge in [-0.1, -0.05) is 26.0 Å². The molecule has 144 valence electrons. The third kappa shape index (κ3) is 4.13. The standard InChI is InChI=1S/C22H26INO3/c1-12(2)27-21(26)18-13(3)24-16-10-22(4,5)11-17(25)20(16)19(18)14-6-8-15(23)9-7-14/h6-9,12,19,24H,10-11H2,1-5H3/t19-/m0/s1. The van der Waals surface area contributed by atoms with Crippen LogP contribution in [0, 0.1) is 8.99 Å². The maximum atomic E-state index is 13.1. The lowest BCUT2D eigenvalue weighted by atomic mass is 9.68. The summed E-state index contributed by atoms with van der Waals surface area (Å²) in [5.74, 6) is -0.629. The molecule has 1 heterocycles. The molecule has 0 aromatic heterocycles. The molecule has 1 aliphatic heterocycles. The van der Waals surface area contributed by atoms with Gasteiger partial charge >= 0.3 is 5.97 Å². The number of benzene rings is 1. The average molecular weight is 479 g/mol. The lowest BCUT2D eigenvalue weighted by molar-refractivity contribution is -0.143. The van der Waals surface area contributed by atoms with E-state index in [4.69, 9.17) is 4.74 Å². The number of allylic oxidation sites excluding steroid dienone is 3. The van der Waals surface area contributed by atoms with E-state index in [0.29, 0.717) is 12.0 Å². The van der Waals surface area contributed by atoms with Gasteiger partial charge in [0.1, 0.15) is 0 Å². The predicted octanol–water partition coefficient (Wildman–Crippen LogP) is 4.85. The Morgan fingerprint density at radius 1 is 1.22 bits per heavy atom. The molecule has 0 amide bonds. The van der Waals surface area contributed by atoms with Crippen LogP contribution in [0.25, 0.3) is 0 Å². The van der Waals surface area contributed by atoms with E-state index in [0.717, 1.165) is 32.5 Å². The number of hydrogen-bond acceptors (Lipinski definition) is 4. The second-order valence-corrected chi connectivity index (χ2v) is 9.68. The Morgan fingerprint density at radius 2 is 1.85 bits per heavy atom. The maximum Gasteiger partial charge on any atom is 0.337 e. The minimum Gasteiger partial charge on any atom is -0.460 e. The summed E-state index contributed by atoms with van der Waals surface area (Å²) in [6, 6.07) is 8.03. The van der Waals surface area contributed by atoms with Gasteiger partial charge in [0.05, 0.1) is 11.7 Å². The van der Waals surface area contributed by atoms with Crippen molar-refractivity contribution in [1.29, 1.82) is 0 Å². The summed E-state index contributed by atoms with van der Waals surface area (Å²) in [5.41, 5.74) is 3.84. The van der Waals surface area contributed by atoms with Gasteiger partial charge in [-0.3, -0.25) is 4.79 Å². The molecule has 1 aromatic carbocycles. The second-order valence-electron chi connectivity index (χ2n) is 8.44. The minimum atomic E-state index is -0.381. The van der Waals surface area contributed by atoms with E-state index in [9.17, 15) is 9.59 Å². The van der Waals surface area contributed by atoms with Crippen molar-refractivity contribution in [2.24, 2.45) is 5.41 Å². The Kier molecular flexibility index (Phi) is 5.52. The average Bonchev–Trinajstić information content (AvgIpc) is 2.52. The molecule has 0 bridgehead atoms. The van der Waals surface area contributed by atoms with Crippen molar-refractivity contribution in [3.8, 4) is 0 Å². The van der Waals surface area contributed by atoms with E-state index in [1.54, 1.807) is 0 Å². The number of halogens is 1. The van der Waals surface area contributed by atoms with Crippen LogP contribution >= 0.6 is 22.6 Å². The number of hydrogen-bond donors (Lipinski definition) is 1. The van der Waals surface area contributed by atoms with E-state index in [-0.39, 0.29) is 29.2 Å². The van der Waals surface area contributed by atoms with Crippen LogP contribution in [0.2, 0.25) is 0 Å². The molecule has 1 aromatic rings. The first-order valence-electron chi connectivity index (χ1n) is 9.29. The molecule has 1 atom stereocenters. The fraction of sp³-hybridized carbons (Fsp3) is 0.455. The van der Waals surface area contributed by atoms with Crippen molar-refractivity contribution in [2.75, 3.05) is 0 Å². The zero-order chi connectivity index (χ0) is 19.9. The van der Waals surface area contributed by atoms with Gasteiger partial charge in [-0.25, -0.2) is 4.79 Å². The van der Waals surface area contributed by atoms with Crippen LogP contribution in [0.5, 0.6) is 0 Å². The van der Waals surface area contributed by atoms with Crippen LogP contribution in [-0.4, -0.2) is 17.9 Å². The van der Waals surface area contributed by atoms with E-state index < -0.39 is 0 Å². The number of rotatable bonds is 3. The lowest BCUT2D eigenvalue weighted by Crippen LogP contribution is -2.39. The summed E-state index contributed by atoms with van der Waals surface area (Å²) >= 11 is 2.26. The minimum absolute atomic E-state index is 0.0875. The van der Waals surface area contributed by atoms with Crippen molar-refractivity contribution < 1.29 is 14.3 Å². The number of carbonyl (C=O) groups excluding carboxylic acids is 2. The first-order chi connectivity index (χ1) is 12.6. The first-order valence-corrected chi connectivity index (χ1v) is 10.4. The van der Waals surface area contributed by atoms with Crippen LogP contribution in [0.4, 0.5) is 0 Å². The molecule has 0 spiro atoms. The Bertz CT molecular complexity index is 847. The van der Waals surface area contributed by atoms with Gasteiger partial charge in [0.2, 0.25) is 0 Å². The van der Waals surface area contributed by atoms with Crippen LogP contribution < -0.4 is 5.32 Å². The molecule has 0 saturated carbocycles. The number of ether oxygens (including phenoxy) is 1. The van der Waals surface area contributed by atoms with Crippen LogP contribution in [0.3, 0.4) is 0 Å². The lowest BCUT2D eigenvalue weighted by Gasteiger charge is -2.39. The number of carbonyl (C=O) groups is 2. The molecule has 1 aliphatic carbocycles. The van der Waals surface area contributed by atoms with Gasteiger partial charge in [0, 0.05) is 32.9 Å². The van der Waals surface area contributed by atoms with E-state index in [1.165, 1.54) is 0 Å². The number of ketones is 1. The van der Waals surface area contributed by atoms with Gasteiger partial charge in [0.25, 0.3) is 0 Å². The molecule has 0 fully saturated rings. The fourth-order valence-electron chi connectivity index (χ4n) is 3.97. The highest BCUT2D eigenvalue weighted by atomic mass is 127. The molecule has 2 aliphatic rings. The molecule has 0 radical (unpaired) electrons. The van der Waals surface area contributed by atoms with E-state index in [1.807, 2.05) is 45.0 Å². The van der Waals surface area contributed by atoms with Gasteiger partial charge in [0.15, 0.2) is 5.78 Å². The molecule has 0 unspecified atom stereocenters. The molecule has 3 rings (SSSR count). The van der Waals surface area contributed by atoms with Crippen molar-refractivity contribution >= 4 is 34.3 Å². The quantitative estimate of drug-likeness (QED) is 0.498. The molecular weight excluding hydrogens is 453 g/mol. The van der Waals surface area contributed by atoms with Crippen molar-refractivity contribution in [3.63, 3.8) is 0 Å². The molecule has 27 heavy (non-hydrogen) atoms. The highest BCUT2D eigenvalue weighted by molar-refractivity contribution is 14.1. The summed E-state index contributed by atoms with van der Waals surface area (Å²) < 4.78 is 6.63. The van der Waals surface area contributed by atoms with Gasteiger partial charge in [-0.2, -0.15) is 0 Å². The van der Waals surface area contributed by atoms with Crippen molar-refractivity contribution in [1.82, 2.24) is 5.32 Å². The maximum absolute atomic E-state index is 13.1.